The van der Waals surface area contributed by atoms with Crippen LogP contribution in [0.4, 0.5) is 4.39 Å². The highest BCUT2D eigenvalue weighted by molar-refractivity contribution is 9.10. The molecule has 0 radical (unpaired) electrons. The molecule has 1 N–H and O–H groups in total. The van der Waals surface area contributed by atoms with E-state index in [1.165, 1.54) is 0 Å². The van der Waals surface area contributed by atoms with E-state index >= 15 is 0 Å². The van der Waals surface area contributed by atoms with Crippen molar-refractivity contribution in [2.75, 3.05) is 19.8 Å². The predicted octanol–water partition coefficient (Wildman–Crippen LogP) is 3.61. The van der Waals surface area contributed by atoms with Gasteiger partial charge in [-0.1, -0.05) is 22.9 Å². The zero-order valence-electron chi connectivity index (χ0n) is 10.4. The Bertz CT molecular complexity index is 358. The lowest BCUT2D eigenvalue weighted by Gasteiger charge is -2.15. The van der Waals surface area contributed by atoms with E-state index in [0.717, 1.165) is 34.4 Å². The van der Waals surface area contributed by atoms with E-state index < -0.39 is 0 Å². The molecule has 0 amide bonds. The Morgan fingerprint density at radius 2 is 2.18 bits per heavy atom. The molecule has 0 aromatic heterocycles. The zero-order valence-corrected chi connectivity index (χ0v) is 11.9. The summed E-state index contributed by atoms with van der Waals surface area (Å²) < 4.78 is 18.8. The van der Waals surface area contributed by atoms with Gasteiger partial charge in [-0.25, -0.2) is 0 Å². The molecule has 0 saturated carbocycles. The summed E-state index contributed by atoms with van der Waals surface area (Å²) in [6, 6.07) is 4.06. The van der Waals surface area contributed by atoms with Crippen molar-refractivity contribution in [3.63, 3.8) is 0 Å². The minimum Gasteiger partial charge on any atom is -0.493 e. The molecule has 0 fully saturated rings. The Balaban J connectivity index is 2.82. The fraction of sp³-hybridized carbons (Fsp3) is 0.538. The van der Waals surface area contributed by atoms with E-state index in [1.54, 1.807) is 0 Å². The van der Waals surface area contributed by atoms with Crippen molar-refractivity contribution < 1.29 is 9.13 Å². The van der Waals surface area contributed by atoms with Gasteiger partial charge in [0.25, 0.3) is 0 Å². The van der Waals surface area contributed by atoms with Crippen molar-refractivity contribution in [3.05, 3.63) is 27.7 Å². The average Bonchev–Trinajstić information content (AvgIpc) is 2.29. The smallest absolute Gasteiger partial charge is 0.126 e. The van der Waals surface area contributed by atoms with Crippen molar-refractivity contribution >= 4 is 15.9 Å². The third-order valence-electron chi connectivity index (χ3n) is 2.41. The largest absolute Gasteiger partial charge is 0.493 e. The van der Waals surface area contributed by atoms with Crippen molar-refractivity contribution in [1.82, 2.24) is 5.32 Å². The van der Waals surface area contributed by atoms with Crippen LogP contribution in [-0.4, -0.2) is 19.8 Å². The van der Waals surface area contributed by atoms with E-state index in [2.05, 4.69) is 28.2 Å². The lowest BCUT2D eigenvalue weighted by Crippen LogP contribution is -2.14. The number of hydrogen-bond donors (Lipinski definition) is 1. The third kappa shape index (κ3) is 4.64. The first-order chi connectivity index (χ1) is 8.19. The van der Waals surface area contributed by atoms with Gasteiger partial charge in [0.2, 0.25) is 0 Å². The second-order valence-electron chi connectivity index (χ2n) is 3.88. The molecule has 1 aromatic rings. The highest BCUT2D eigenvalue weighted by Gasteiger charge is 2.08. The van der Waals surface area contributed by atoms with Gasteiger partial charge in [0.1, 0.15) is 5.75 Å². The summed E-state index contributed by atoms with van der Waals surface area (Å²) in [6.45, 7) is 5.84. The summed E-state index contributed by atoms with van der Waals surface area (Å²) >= 11 is 3.48. The molecule has 0 aliphatic rings. The standard InChI is InChI=1S/C13H19BrFNO/c1-3-16-9-11-8-12(14)7-10(2)13(11)17-6-4-5-15/h7-8,16H,3-6,9H2,1-2H3. The van der Waals surface area contributed by atoms with Crippen LogP contribution in [-0.2, 0) is 6.54 Å². The number of halogens is 2. The van der Waals surface area contributed by atoms with Crippen molar-refractivity contribution in [2.24, 2.45) is 0 Å². The van der Waals surface area contributed by atoms with Gasteiger partial charge in [-0.3, -0.25) is 4.39 Å². The maximum Gasteiger partial charge on any atom is 0.126 e. The molecule has 0 atom stereocenters. The first-order valence-corrected chi connectivity index (χ1v) is 6.66. The van der Waals surface area contributed by atoms with Crippen LogP contribution in [0, 0.1) is 6.92 Å². The molecule has 17 heavy (non-hydrogen) atoms. The third-order valence-corrected chi connectivity index (χ3v) is 2.86. The summed E-state index contributed by atoms with van der Waals surface area (Å²) in [5.74, 6) is 0.877. The molecular weight excluding hydrogens is 285 g/mol. The molecule has 4 heteroatoms. The van der Waals surface area contributed by atoms with Crippen LogP contribution in [0.25, 0.3) is 0 Å². The normalized spacial score (nSPS) is 10.6. The van der Waals surface area contributed by atoms with Gasteiger partial charge < -0.3 is 10.1 Å². The average molecular weight is 304 g/mol. The summed E-state index contributed by atoms with van der Waals surface area (Å²) in [4.78, 5) is 0. The first-order valence-electron chi connectivity index (χ1n) is 5.87. The summed E-state index contributed by atoms with van der Waals surface area (Å²) in [6.07, 6.45) is 0.441. The fourth-order valence-electron chi connectivity index (χ4n) is 1.63. The van der Waals surface area contributed by atoms with Crippen LogP contribution in [0.15, 0.2) is 16.6 Å². The minimum absolute atomic E-state index is 0.335. The van der Waals surface area contributed by atoms with Crippen LogP contribution in [0.5, 0.6) is 5.75 Å². The van der Waals surface area contributed by atoms with Crippen molar-refractivity contribution in [3.8, 4) is 5.75 Å². The zero-order chi connectivity index (χ0) is 12.7. The molecule has 0 bridgehead atoms. The molecule has 1 aromatic carbocycles. The molecule has 1 rings (SSSR count). The Morgan fingerprint density at radius 3 is 2.82 bits per heavy atom. The SMILES string of the molecule is CCNCc1cc(Br)cc(C)c1OCCCF. The molecule has 0 aliphatic carbocycles. The van der Waals surface area contributed by atoms with Gasteiger partial charge in [-0.15, -0.1) is 0 Å². The summed E-state index contributed by atoms with van der Waals surface area (Å²) in [5, 5.41) is 3.27. The number of benzene rings is 1. The number of rotatable bonds is 7. The molecule has 0 heterocycles. The Labute approximate surface area is 111 Å². The molecule has 0 spiro atoms. The van der Waals surface area contributed by atoms with Crippen LogP contribution in [0.1, 0.15) is 24.5 Å². The number of ether oxygens (including phenoxy) is 1. The highest BCUT2D eigenvalue weighted by Crippen LogP contribution is 2.28. The summed E-state index contributed by atoms with van der Waals surface area (Å²) in [7, 11) is 0. The predicted molar refractivity (Wildman–Crippen MR) is 72.3 cm³/mol. The Hall–Kier alpha value is -0.610. The number of aryl methyl sites for hydroxylation is 1. The second-order valence-corrected chi connectivity index (χ2v) is 4.80. The molecular formula is C13H19BrFNO. The highest BCUT2D eigenvalue weighted by atomic mass is 79.9. The maximum absolute atomic E-state index is 12.1. The van der Waals surface area contributed by atoms with Crippen LogP contribution in [0.2, 0.25) is 0 Å². The maximum atomic E-state index is 12.1. The summed E-state index contributed by atoms with van der Waals surface area (Å²) in [5.41, 5.74) is 2.18. The monoisotopic (exact) mass is 303 g/mol. The molecule has 0 saturated heterocycles. The van der Waals surface area contributed by atoms with E-state index in [-0.39, 0.29) is 6.67 Å². The number of alkyl halides is 1. The van der Waals surface area contributed by atoms with Gasteiger partial charge in [0.15, 0.2) is 0 Å². The van der Waals surface area contributed by atoms with Crippen LogP contribution >= 0.6 is 15.9 Å². The van der Waals surface area contributed by atoms with E-state index in [9.17, 15) is 4.39 Å². The quantitative estimate of drug-likeness (QED) is 0.777. The van der Waals surface area contributed by atoms with Gasteiger partial charge in [-0.2, -0.15) is 0 Å². The van der Waals surface area contributed by atoms with Crippen molar-refractivity contribution in [2.45, 2.75) is 26.8 Å². The van der Waals surface area contributed by atoms with Crippen molar-refractivity contribution in [1.29, 1.82) is 0 Å². The van der Waals surface area contributed by atoms with Gasteiger partial charge >= 0.3 is 0 Å². The molecule has 0 unspecified atom stereocenters. The molecule has 2 nitrogen and oxygen atoms in total. The molecule has 96 valence electrons. The number of nitrogens with one attached hydrogen (secondary N) is 1. The molecule has 0 aliphatic heterocycles. The van der Waals surface area contributed by atoms with E-state index in [0.29, 0.717) is 13.0 Å². The van der Waals surface area contributed by atoms with Gasteiger partial charge in [-0.05, 0) is 31.2 Å². The lowest BCUT2D eigenvalue weighted by molar-refractivity contribution is 0.285. The van der Waals surface area contributed by atoms with E-state index in [4.69, 9.17) is 4.74 Å². The van der Waals surface area contributed by atoms with Crippen LogP contribution < -0.4 is 10.1 Å². The fourth-order valence-corrected chi connectivity index (χ4v) is 2.25. The second kappa shape index (κ2) is 7.67. The van der Waals surface area contributed by atoms with Gasteiger partial charge in [0.05, 0.1) is 13.3 Å². The van der Waals surface area contributed by atoms with Crippen LogP contribution in [0.3, 0.4) is 0 Å². The minimum atomic E-state index is -0.335. The Morgan fingerprint density at radius 1 is 1.41 bits per heavy atom. The first kappa shape index (κ1) is 14.5. The number of hydrogen-bond acceptors (Lipinski definition) is 2. The van der Waals surface area contributed by atoms with E-state index in [1.807, 2.05) is 19.1 Å². The lowest BCUT2D eigenvalue weighted by atomic mass is 10.1. The van der Waals surface area contributed by atoms with Gasteiger partial charge in [0, 0.05) is 23.0 Å². The topological polar surface area (TPSA) is 21.3 Å². The Kier molecular flexibility index (Phi) is 6.52.